The first-order valence-corrected chi connectivity index (χ1v) is 6.68. The van der Waals surface area contributed by atoms with Gasteiger partial charge in [0.1, 0.15) is 0 Å². The van der Waals surface area contributed by atoms with Crippen LogP contribution in [0.25, 0.3) is 0 Å². The summed E-state index contributed by atoms with van der Waals surface area (Å²) in [6.07, 6.45) is 2.47. The molecular weight excluding hydrogens is 214 g/mol. The normalized spacial score (nSPS) is 21.8. The van der Waals surface area contributed by atoms with E-state index in [4.69, 9.17) is 0 Å². The highest BCUT2D eigenvalue weighted by molar-refractivity contribution is 5.78. The summed E-state index contributed by atoms with van der Waals surface area (Å²) in [4.78, 5) is 14.1. The lowest BCUT2D eigenvalue weighted by molar-refractivity contribution is -0.120. The van der Waals surface area contributed by atoms with Crippen LogP contribution in [0, 0.1) is 0 Å². The second-order valence-corrected chi connectivity index (χ2v) is 5.83. The number of amides is 1. The largest absolute Gasteiger partial charge is 0.353 e. The second kappa shape index (κ2) is 6.36. The van der Waals surface area contributed by atoms with Crippen molar-refractivity contribution >= 4 is 5.91 Å². The van der Waals surface area contributed by atoms with E-state index in [1.807, 2.05) is 0 Å². The van der Waals surface area contributed by atoms with E-state index in [-0.39, 0.29) is 11.4 Å². The zero-order valence-corrected chi connectivity index (χ0v) is 11.7. The third-order valence-corrected chi connectivity index (χ3v) is 3.22. The van der Waals surface area contributed by atoms with Crippen molar-refractivity contribution in [3.63, 3.8) is 0 Å². The number of carbonyl (C=O) groups is 1. The molecule has 1 rings (SSSR count). The van der Waals surface area contributed by atoms with Crippen molar-refractivity contribution in [2.75, 3.05) is 26.2 Å². The molecule has 100 valence electrons. The summed E-state index contributed by atoms with van der Waals surface area (Å²) >= 11 is 0. The lowest BCUT2D eigenvalue weighted by Gasteiger charge is -2.24. The molecule has 1 saturated heterocycles. The number of hydrogen-bond donors (Lipinski definition) is 2. The molecule has 1 amide bonds. The van der Waals surface area contributed by atoms with Crippen LogP contribution in [0.15, 0.2) is 0 Å². The van der Waals surface area contributed by atoms with Crippen LogP contribution in [0.5, 0.6) is 0 Å². The Morgan fingerprint density at radius 2 is 2.12 bits per heavy atom. The van der Waals surface area contributed by atoms with Gasteiger partial charge in [-0.1, -0.05) is 6.92 Å². The summed E-state index contributed by atoms with van der Waals surface area (Å²) < 4.78 is 0. The van der Waals surface area contributed by atoms with Gasteiger partial charge in [0.15, 0.2) is 0 Å². The third kappa shape index (κ3) is 5.50. The van der Waals surface area contributed by atoms with Crippen molar-refractivity contribution in [2.24, 2.45) is 0 Å². The predicted octanol–water partition coefficient (Wildman–Crippen LogP) is 0.975. The molecule has 1 atom stereocenters. The second-order valence-electron chi connectivity index (χ2n) is 5.83. The van der Waals surface area contributed by atoms with E-state index >= 15 is 0 Å². The molecule has 4 nitrogen and oxygen atoms in total. The van der Waals surface area contributed by atoms with Gasteiger partial charge in [0.2, 0.25) is 5.91 Å². The van der Waals surface area contributed by atoms with Crippen LogP contribution in [0.2, 0.25) is 0 Å². The van der Waals surface area contributed by atoms with Crippen LogP contribution in [0.3, 0.4) is 0 Å². The average molecular weight is 241 g/mol. The molecule has 0 bridgehead atoms. The molecule has 1 aliphatic rings. The van der Waals surface area contributed by atoms with Gasteiger partial charge in [-0.25, -0.2) is 0 Å². The van der Waals surface area contributed by atoms with Gasteiger partial charge in [-0.15, -0.1) is 0 Å². The van der Waals surface area contributed by atoms with Gasteiger partial charge in [-0.05, 0) is 46.7 Å². The fraction of sp³-hybridized carbons (Fsp3) is 0.923. The summed E-state index contributed by atoms with van der Waals surface area (Å²) in [6, 6.07) is 0.540. The Kier molecular flexibility index (Phi) is 5.40. The minimum absolute atomic E-state index is 0.000151. The van der Waals surface area contributed by atoms with Crippen LogP contribution in [-0.2, 0) is 4.79 Å². The predicted molar refractivity (Wildman–Crippen MR) is 71.0 cm³/mol. The lowest BCUT2D eigenvalue weighted by Crippen LogP contribution is -2.46. The fourth-order valence-corrected chi connectivity index (χ4v) is 2.18. The quantitative estimate of drug-likeness (QED) is 0.754. The van der Waals surface area contributed by atoms with Crippen molar-refractivity contribution in [3.8, 4) is 0 Å². The molecule has 0 spiro atoms. The smallest absolute Gasteiger partial charge is 0.234 e. The maximum Gasteiger partial charge on any atom is 0.234 e. The molecule has 0 aromatic carbocycles. The highest BCUT2D eigenvalue weighted by Gasteiger charge is 2.23. The Labute approximate surface area is 105 Å². The maximum absolute atomic E-state index is 11.6. The molecule has 0 aromatic heterocycles. The average Bonchev–Trinajstić information content (AvgIpc) is 2.69. The van der Waals surface area contributed by atoms with E-state index in [2.05, 4.69) is 43.2 Å². The van der Waals surface area contributed by atoms with Gasteiger partial charge in [0.25, 0.3) is 0 Å². The van der Waals surface area contributed by atoms with Crippen LogP contribution in [-0.4, -0.2) is 48.6 Å². The summed E-state index contributed by atoms with van der Waals surface area (Å²) in [6.45, 7) is 11.8. The van der Waals surface area contributed by atoms with Crippen molar-refractivity contribution in [1.82, 2.24) is 15.5 Å². The summed E-state index contributed by atoms with van der Waals surface area (Å²) in [5.74, 6) is 0.0999. The molecule has 0 saturated carbocycles. The molecule has 17 heavy (non-hydrogen) atoms. The van der Waals surface area contributed by atoms with Gasteiger partial charge >= 0.3 is 0 Å². The topological polar surface area (TPSA) is 44.4 Å². The first-order valence-electron chi connectivity index (χ1n) is 6.68. The standard InChI is InChI=1S/C13H27N3O/c1-5-16-8-6-7-11(16)9-14-12(17)10-15-13(2,3)4/h11,15H,5-10H2,1-4H3,(H,14,17). The molecule has 1 unspecified atom stereocenters. The zero-order chi connectivity index (χ0) is 12.9. The lowest BCUT2D eigenvalue weighted by atomic mass is 10.1. The number of likely N-dealkylation sites (N-methyl/N-ethyl adjacent to an activating group) is 1. The Hall–Kier alpha value is -0.610. The zero-order valence-electron chi connectivity index (χ0n) is 11.7. The highest BCUT2D eigenvalue weighted by atomic mass is 16.1. The van der Waals surface area contributed by atoms with E-state index in [1.54, 1.807) is 0 Å². The number of nitrogens with one attached hydrogen (secondary N) is 2. The molecule has 0 aromatic rings. The van der Waals surface area contributed by atoms with E-state index < -0.39 is 0 Å². The number of hydrogen-bond acceptors (Lipinski definition) is 3. The number of nitrogens with zero attached hydrogens (tertiary/aromatic N) is 1. The van der Waals surface area contributed by atoms with E-state index in [9.17, 15) is 4.79 Å². The van der Waals surface area contributed by atoms with Crippen molar-refractivity contribution in [1.29, 1.82) is 0 Å². The summed E-state index contributed by atoms with van der Waals surface area (Å²) in [7, 11) is 0. The molecule has 0 radical (unpaired) electrons. The molecule has 2 N–H and O–H groups in total. The van der Waals surface area contributed by atoms with Gasteiger partial charge in [0, 0.05) is 18.1 Å². The molecule has 4 heteroatoms. The van der Waals surface area contributed by atoms with Crippen molar-refractivity contribution in [2.45, 2.75) is 52.1 Å². The van der Waals surface area contributed by atoms with Crippen LogP contribution in [0.4, 0.5) is 0 Å². The van der Waals surface area contributed by atoms with Crippen molar-refractivity contribution < 1.29 is 4.79 Å². The third-order valence-electron chi connectivity index (χ3n) is 3.22. The van der Waals surface area contributed by atoms with E-state index in [1.165, 1.54) is 19.4 Å². The van der Waals surface area contributed by atoms with Gasteiger partial charge in [0.05, 0.1) is 6.54 Å². The number of rotatable bonds is 5. The van der Waals surface area contributed by atoms with Crippen molar-refractivity contribution in [3.05, 3.63) is 0 Å². The molecule has 1 heterocycles. The monoisotopic (exact) mass is 241 g/mol. The van der Waals surface area contributed by atoms with Gasteiger partial charge < -0.3 is 10.6 Å². The Morgan fingerprint density at radius 3 is 2.71 bits per heavy atom. The van der Waals surface area contributed by atoms with Gasteiger partial charge in [-0.3, -0.25) is 9.69 Å². The SMILES string of the molecule is CCN1CCCC1CNC(=O)CNC(C)(C)C. The maximum atomic E-state index is 11.6. The minimum Gasteiger partial charge on any atom is -0.353 e. The van der Waals surface area contributed by atoms with E-state index in [0.29, 0.717) is 12.6 Å². The Balaban J connectivity index is 2.19. The molecular formula is C13H27N3O. The van der Waals surface area contributed by atoms with Crippen LogP contribution >= 0.6 is 0 Å². The molecule has 1 aliphatic heterocycles. The Bertz CT molecular complexity index is 248. The molecule has 0 aliphatic carbocycles. The fourth-order valence-electron chi connectivity index (χ4n) is 2.18. The summed E-state index contributed by atoms with van der Waals surface area (Å²) in [5.41, 5.74) is 0.000151. The van der Waals surface area contributed by atoms with Crippen LogP contribution < -0.4 is 10.6 Å². The Morgan fingerprint density at radius 1 is 1.41 bits per heavy atom. The van der Waals surface area contributed by atoms with E-state index in [0.717, 1.165) is 13.1 Å². The van der Waals surface area contributed by atoms with Gasteiger partial charge in [-0.2, -0.15) is 0 Å². The molecule has 1 fully saturated rings. The number of likely N-dealkylation sites (tertiary alicyclic amines) is 1. The van der Waals surface area contributed by atoms with Crippen LogP contribution in [0.1, 0.15) is 40.5 Å². The minimum atomic E-state index is 0.000151. The first kappa shape index (κ1) is 14.5. The number of carbonyl (C=O) groups excluding carboxylic acids is 1. The first-order chi connectivity index (χ1) is 7.92. The highest BCUT2D eigenvalue weighted by Crippen LogP contribution is 2.15. The summed E-state index contributed by atoms with van der Waals surface area (Å²) in [5, 5.41) is 6.21.